The van der Waals surface area contributed by atoms with Crippen molar-refractivity contribution < 1.29 is 69.1 Å². The van der Waals surface area contributed by atoms with Crippen molar-refractivity contribution in [1.29, 1.82) is 0 Å². The van der Waals surface area contributed by atoms with Crippen molar-refractivity contribution in [1.82, 2.24) is 20.9 Å². The molecule has 3 fully saturated rings. The maximum atomic E-state index is 12.1. The lowest BCUT2D eigenvalue weighted by molar-refractivity contribution is -0.338. The number of nitrogens with one attached hydrogen (secondary N) is 3. The highest BCUT2D eigenvalue weighted by molar-refractivity contribution is 5.74. The van der Waals surface area contributed by atoms with Gasteiger partial charge in [0.05, 0.1) is 38.0 Å². The van der Waals surface area contributed by atoms with Crippen LogP contribution in [0.2, 0.25) is 0 Å². The number of hydrogen-bond donors (Lipinski definition) is 10. The first-order valence-electron chi connectivity index (χ1n) is 13.9. The third kappa shape index (κ3) is 7.96. The number of carbonyl (C=O) groups excluding carboxylic acids is 3. The van der Waals surface area contributed by atoms with E-state index in [2.05, 4.69) is 16.0 Å². The molecule has 0 aromatic heterocycles. The summed E-state index contributed by atoms with van der Waals surface area (Å²) >= 11 is 0. The zero-order chi connectivity index (χ0) is 32.2. The van der Waals surface area contributed by atoms with Crippen LogP contribution >= 0.6 is 0 Å². The van der Waals surface area contributed by atoms with Gasteiger partial charge in [-0.25, -0.2) is 0 Å². The number of likely N-dealkylation sites (tertiary alicyclic amines) is 1. The molecule has 18 heteroatoms. The second kappa shape index (κ2) is 15.3. The predicted molar refractivity (Wildman–Crippen MR) is 142 cm³/mol. The number of nitrogens with zero attached hydrogens (tertiary/aromatic N) is 1. The lowest BCUT2D eigenvalue weighted by atomic mass is 9.94. The molecule has 14 atom stereocenters. The molecule has 43 heavy (non-hydrogen) atoms. The molecule has 0 aromatic rings. The number of likely N-dealkylation sites (N-methyl/N-ethyl adjacent to an activating group) is 1. The molecule has 3 amide bonds. The van der Waals surface area contributed by atoms with Crippen molar-refractivity contribution in [3.63, 3.8) is 0 Å². The van der Waals surface area contributed by atoms with Crippen LogP contribution in [0.1, 0.15) is 20.8 Å². The second-order valence-electron chi connectivity index (χ2n) is 11.0. The van der Waals surface area contributed by atoms with Gasteiger partial charge in [0, 0.05) is 27.3 Å². The lowest BCUT2D eigenvalue weighted by Gasteiger charge is -2.48. The van der Waals surface area contributed by atoms with Crippen LogP contribution in [0.4, 0.5) is 0 Å². The number of carbonyl (C=O) groups is 3. The highest BCUT2D eigenvalue weighted by Crippen LogP contribution is 2.33. The van der Waals surface area contributed by atoms with Crippen LogP contribution in [0.15, 0.2) is 0 Å². The van der Waals surface area contributed by atoms with E-state index >= 15 is 0 Å². The molecule has 0 saturated carbocycles. The summed E-state index contributed by atoms with van der Waals surface area (Å²) in [5.74, 6) is -1.56. The largest absolute Gasteiger partial charge is 0.395 e. The molecular weight excluding hydrogens is 580 g/mol. The molecule has 0 spiro atoms. The predicted octanol–water partition coefficient (Wildman–Crippen LogP) is -6.54. The highest BCUT2D eigenvalue weighted by atomic mass is 16.7. The molecule has 3 rings (SSSR count). The molecule has 3 aliphatic heterocycles. The fourth-order valence-corrected chi connectivity index (χ4v) is 5.72. The van der Waals surface area contributed by atoms with E-state index in [-0.39, 0.29) is 12.5 Å². The Bertz CT molecular complexity index is 963. The van der Waals surface area contributed by atoms with E-state index in [1.807, 2.05) is 0 Å². The van der Waals surface area contributed by atoms with Gasteiger partial charge in [0.2, 0.25) is 17.7 Å². The van der Waals surface area contributed by atoms with E-state index in [1.54, 1.807) is 11.9 Å². The lowest BCUT2D eigenvalue weighted by Crippen LogP contribution is -2.69. The molecule has 10 N–H and O–H groups in total. The van der Waals surface area contributed by atoms with Crippen molar-refractivity contribution in [2.75, 3.05) is 33.4 Å². The minimum absolute atomic E-state index is 0.0358. The Kier molecular flexibility index (Phi) is 12.6. The molecule has 0 unspecified atom stereocenters. The average Bonchev–Trinajstić information content (AvgIpc) is 3.17. The number of hydrogen-bond acceptors (Lipinski definition) is 15. The topological polar surface area (TPSA) is 269 Å². The molecule has 0 radical (unpaired) electrons. The summed E-state index contributed by atoms with van der Waals surface area (Å²) in [5.41, 5.74) is 0. The molecular formula is C25H44N4O14. The van der Waals surface area contributed by atoms with E-state index < -0.39 is 117 Å². The van der Waals surface area contributed by atoms with E-state index in [1.165, 1.54) is 6.92 Å². The number of aliphatic hydroxyl groups excluding tert-OH is 7. The zero-order valence-corrected chi connectivity index (χ0v) is 24.3. The summed E-state index contributed by atoms with van der Waals surface area (Å²) in [4.78, 5) is 37.0. The smallest absolute Gasteiger partial charge is 0.217 e. The van der Waals surface area contributed by atoms with Gasteiger partial charge in [-0.2, -0.15) is 0 Å². The SMILES string of the molecule is CC(=O)NC[C@H]1[C@@H](O)[C@H](O[C@@H]2O[C@H](CO)[C@@H](O[C@@H]3O[C@H](CO)[C@@H](O)[C@H](O)[C@H]3NC(C)=O)[C@H](O)[C@H]2NC(C)=O)[C@@H](CO)N1C. The van der Waals surface area contributed by atoms with E-state index in [4.69, 9.17) is 18.9 Å². The van der Waals surface area contributed by atoms with E-state index in [9.17, 15) is 50.1 Å². The fourth-order valence-electron chi connectivity index (χ4n) is 5.72. The molecule has 0 aliphatic carbocycles. The summed E-state index contributed by atoms with van der Waals surface area (Å²) in [6, 6.07) is -4.20. The van der Waals surface area contributed by atoms with Gasteiger partial charge in [-0.3, -0.25) is 19.3 Å². The van der Waals surface area contributed by atoms with E-state index in [0.29, 0.717) is 0 Å². The summed E-state index contributed by atoms with van der Waals surface area (Å²) in [6.07, 6.45) is -14.6. The first-order valence-corrected chi connectivity index (χ1v) is 13.9. The number of aliphatic hydroxyl groups is 7. The maximum absolute atomic E-state index is 12.1. The van der Waals surface area contributed by atoms with Crippen molar-refractivity contribution in [3.8, 4) is 0 Å². The summed E-state index contributed by atoms with van der Waals surface area (Å²) in [7, 11) is 1.61. The molecule has 0 aromatic carbocycles. The minimum atomic E-state index is -1.68. The van der Waals surface area contributed by atoms with Gasteiger partial charge in [-0.05, 0) is 7.05 Å². The summed E-state index contributed by atoms with van der Waals surface area (Å²) < 4.78 is 23.4. The Morgan fingerprint density at radius 2 is 1.19 bits per heavy atom. The number of amides is 3. The van der Waals surface area contributed by atoms with Gasteiger partial charge in [-0.15, -0.1) is 0 Å². The van der Waals surface area contributed by atoms with Gasteiger partial charge >= 0.3 is 0 Å². The van der Waals surface area contributed by atoms with Crippen molar-refractivity contribution in [2.24, 2.45) is 0 Å². The molecule has 18 nitrogen and oxygen atoms in total. The standard InChI is InChI=1S/C25H44N4O14/c1-9(33)26-5-12-18(36)22(13(6-30)29(12)4)42-25-17(28-11(3)35)21(39)23(15(8-32)41-25)43-24-16(27-10(2)34)20(38)19(37)14(7-31)40-24/h12-25,30-32,36-39H,5-8H2,1-4H3,(H,26,33)(H,27,34)(H,28,35)/t12-,13+,14+,15+,16+,17+,18+,19+,20+,21+,22+,23+,24-,25-/m0/s1. The minimum Gasteiger partial charge on any atom is -0.395 e. The van der Waals surface area contributed by atoms with Gasteiger partial charge in [0.25, 0.3) is 0 Å². The van der Waals surface area contributed by atoms with Gasteiger partial charge < -0.3 is 70.6 Å². The molecule has 3 saturated heterocycles. The zero-order valence-electron chi connectivity index (χ0n) is 24.3. The molecule has 3 aliphatic rings. The van der Waals surface area contributed by atoms with Crippen molar-refractivity contribution in [3.05, 3.63) is 0 Å². The average molecular weight is 625 g/mol. The quantitative estimate of drug-likeness (QED) is 0.102. The normalized spacial score (nSPS) is 41.9. The van der Waals surface area contributed by atoms with Crippen LogP contribution in [-0.4, -0.2) is 177 Å². The van der Waals surface area contributed by atoms with E-state index in [0.717, 1.165) is 13.8 Å². The first kappa shape index (κ1) is 35.4. The van der Waals surface area contributed by atoms with Crippen molar-refractivity contribution in [2.45, 2.75) is 106 Å². The number of rotatable bonds is 11. The van der Waals surface area contributed by atoms with Gasteiger partial charge in [-0.1, -0.05) is 0 Å². The Morgan fingerprint density at radius 3 is 1.67 bits per heavy atom. The summed E-state index contributed by atoms with van der Waals surface area (Å²) in [5, 5.41) is 80.7. The third-order valence-electron chi connectivity index (χ3n) is 7.96. The second-order valence-corrected chi connectivity index (χ2v) is 11.0. The first-order chi connectivity index (χ1) is 20.2. The third-order valence-corrected chi connectivity index (χ3v) is 7.96. The van der Waals surface area contributed by atoms with Crippen LogP contribution < -0.4 is 16.0 Å². The van der Waals surface area contributed by atoms with Crippen LogP contribution in [-0.2, 0) is 33.3 Å². The molecule has 0 bridgehead atoms. The summed E-state index contributed by atoms with van der Waals surface area (Å²) in [6.45, 7) is 1.70. The van der Waals surface area contributed by atoms with Crippen LogP contribution in [0.3, 0.4) is 0 Å². The maximum Gasteiger partial charge on any atom is 0.217 e. The Morgan fingerprint density at radius 1 is 0.674 bits per heavy atom. The Balaban J connectivity index is 1.87. The van der Waals surface area contributed by atoms with Gasteiger partial charge in [0.15, 0.2) is 12.6 Å². The van der Waals surface area contributed by atoms with Crippen LogP contribution in [0, 0.1) is 0 Å². The Labute approximate surface area is 247 Å². The monoisotopic (exact) mass is 624 g/mol. The molecule has 3 heterocycles. The van der Waals surface area contributed by atoms with Crippen LogP contribution in [0.5, 0.6) is 0 Å². The van der Waals surface area contributed by atoms with Crippen molar-refractivity contribution >= 4 is 17.7 Å². The fraction of sp³-hybridized carbons (Fsp3) is 0.880. The Hall–Kier alpha value is -2.07. The molecule has 248 valence electrons. The number of ether oxygens (including phenoxy) is 4. The van der Waals surface area contributed by atoms with Gasteiger partial charge in [0.1, 0.15) is 54.8 Å². The highest BCUT2D eigenvalue weighted by Gasteiger charge is 2.54. The van der Waals surface area contributed by atoms with Crippen LogP contribution in [0.25, 0.3) is 0 Å².